The van der Waals surface area contributed by atoms with Crippen molar-refractivity contribution in [2.24, 2.45) is 0 Å². The Labute approximate surface area is 124 Å². The predicted molar refractivity (Wildman–Crippen MR) is 79.6 cm³/mol. The third kappa shape index (κ3) is 3.31. The summed E-state index contributed by atoms with van der Waals surface area (Å²) in [6.45, 7) is 3.83. The zero-order valence-corrected chi connectivity index (χ0v) is 12.3. The van der Waals surface area contributed by atoms with Gasteiger partial charge in [-0.3, -0.25) is 4.90 Å². The van der Waals surface area contributed by atoms with E-state index in [0.717, 1.165) is 24.9 Å². The van der Waals surface area contributed by atoms with E-state index in [-0.39, 0.29) is 12.6 Å². The lowest BCUT2D eigenvalue weighted by atomic mass is 10.0. The monoisotopic (exact) mass is 287 g/mol. The van der Waals surface area contributed by atoms with Gasteiger partial charge in [0.25, 0.3) is 0 Å². The quantitative estimate of drug-likeness (QED) is 0.935. The average molecular weight is 287 g/mol. The summed E-state index contributed by atoms with van der Waals surface area (Å²) in [5.74, 6) is 1.25. The van der Waals surface area contributed by atoms with Crippen molar-refractivity contribution >= 4 is 0 Å². The second-order valence-electron chi connectivity index (χ2n) is 5.68. The SMILES string of the molecule is Cc1cccc(-c2noc(CN3CCCC[C@H]3CO)n2)c1. The van der Waals surface area contributed by atoms with Gasteiger partial charge in [-0.15, -0.1) is 0 Å². The number of aromatic nitrogens is 2. The van der Waals surface area contributed by atoms with Crippen LogP contribution in [0.4, 0.5) is 0 Å². The van der Waals surface area contributed by atoms with Crippen LogP contribution in [0, 0.1) is 6.92 Å². The summed E-state index contributed by atoms with van der Waals surface area (Å²) in [4.78, 5) is 6.72. The molecule has 0 radical (unpaired) electrons. The molecule has 3 rings (SSSR count). The van der Waals surface area contributed by atoms with E-state index in [1.54, 1.807) is 0 Å². The predicted octanol–water partition coefficient (Wildman–Crippen LogP) is 2.39. The second-order valence-corrected chi connectivity index (χ2v) is 5.68. The van der Waals surface area contributed by atoms with Gasteiger partial charge in [-0.25, -0.2) is 0 Å². The van der Waals surface area contributed by atoms with E-state index in [9.17, 15) is 5.11 Å². The van der Waals surface area contributed by atoms with Crippen LogP contribution < -0.4 is 0 Å². The highest BCUT2D eigenvalue weighted by molar-refractivity contribution is 5.55. The molecular weight excluding hydrogens is 266 g/mol. The van der Waals surface area contributed by atoms with Gasteiger partial charge in [0.2, 0.25) is 11.7 Å². The van der Waals surface area contributed by atoms with E-state index in [2.05, 4.69) is 15.0 Å². The van der Waals surface area contributed by atoms with Gasteiger partial charge < -0.3 is 9.63 Å². The number of rotatable bonds is 4. The highest BCUT2D eigenvalue weighted by Gasteiger charge is 2.23. The summed E-state index contributed by atoms with van der Waals surface area (Å²) in [6, 6.07) is 8.29. The first-order chi connectivity index (χ1) is 10.3. The molecule has 2 aromatic rings. The molecule has 1 aliphatic heterocycles. The maximum atomic E-state index is 9.44. The molecular formula is C16H21N3O2. The van der Waals surface area contributed by atoms with Crippen molar-refractivity contribution in [1.82, 2.24) is 15.0 Å². The number of hydrogen-bond donors (Lipinski definition) is 1. The Morgan fingerprint density at radius 1 is 1.38 bits per heavy atom. The lowest BCUT2D eigenvalue weighted by Crippen LogP contribution is -2.41. The summed E-state index contributed by atoms with van der Waals surface area (Å²) in [7, 11) is 0. The molecule has 1 N–H and O–H groups in total. The fraction of sp³-hybridized carbons (Fsp3) is 0.500. The molecule has 0 amide bonds. The van der Waals surface area contributed by atoms with Gasteiger partial charge >= 0.3 is 0 Å². The zero-order chi connectivity index (χ0) is 14.7. The Morgan fingerprint density at radius 2 is 2.29 bits per heavy atom. The van der Waals surface area contributed by atoms with Crippen LogP contribution in [-0.4, -0.2) is 39.3 Å². The Morgan fingerprint density at radius 3 is 3.10 bits per heavy atom. The Hall–Kier alpha value is -1.72. The van der Waals surface area contributed by atoms with Gasteiger partial charge in [0.15, 0.2) is 0 Å². The lowest BCUT2D eigenvalue weighted by Gasteiger charge is -2.33. The summed E-state index contributed by atoms with van der Waals surface area (Å²) >= 11 is 0. The van der Waals surface area contributed by atoms with Crippen molar-refractivity contribution in [2.75, 3.05) is 13.2 Å². The fourth-order valence-electron chi connectivity index (χ4n) is 2.87. The molecule has 1 aromatic carbocycles. The zero-order valence-electron chi connectivity index (χ0n) is 12.3. The first-order valence-electron chi connectivity index (χ1n) is 7.51. The number of aryl methyl sites for hydroxylation is 1. The third-order valence-corrected chi connectivity index (χ3v) is 4.04. The van der Waals surface area contributed by atoms with E-state index < -0.39 is 0 Å². The molecule has 5 nitrogen and oxygen atoms in total. The first kappa shape index (κ1) is 14.2. The molecule has 0 aliphatic carbocycles. The Balaban J connectivity index is 1.73. The van der Waals surface area contributed by atoms with E-state index in [4.69, 9.17) is 4.52 Å². The van der Waals surface area contributed by atoms with Crippen LogP contribution >= 0.6 is 0 Å². The van der Waals surface area contributed by atoms with Crippen LogP contribution in [0.25, 0.3) is 11.4 Å². The maximum Gasteiger partial charge on any atom is 0.241 e. The van der Waals surface area contributed by atoms with Crippen LogP contribution in [0.2, 0.25) is 0 Å². The number of nitrogens with zero attached hydrogens (tertiary/aromatic N) is 3. The third-order valence-electron chi connectivity index (χ3n) is 4.04. The first-order valence-corrected chi connectivity index (χ1v) is 7.51. The molecule has 1 aliphatic rings. The van der Waals surface area contributed by atoms with E-state index >= 15 is 0 Å². The minimum absolute atomic E-state index is 0.193. The molecule has 5 heteroatoms. The fourth-order valence-corrected chi connectivity index (χ4v) is 2.87. The minimum Gasteiger partial charge on any atom is -0.395 e. The molecule has 2 heterocycles. The summed E-state index contributed by atoms with van der Waals surface area (Å²) in [5, 5.41) is 13.5. The van der Waals surface area contributed by atoms with E-state index in [1.807, 2.05) is 31.2 Å². The Bertz CT molecular complexity index is 597. The van der Waals surface area contributed by atoms with Crippen LogP contribution in [-0.2, 0) is 6.54 Å². The molecule has 0 saturated carbocycles. The number of aliphatic hydroxyl groups excluding tert-OH is 1. The number of hydrogen-bond acceptors (Lipinski definition) is 5. The smallest absolute Gasteiger partial charge is 0.241 e. The van der Waals surface area contributed by atoms with Crippen LogP contribution in [0.5, 0.6) is 0 Å². The highest BCUT2D eigenvalue weighted by atomic mass is 16.5. The largest absolute Gasteiger partial charge is 0.395 e. The van der Waals surface area contributed by atoms with Crippen molar-refractivity contribution < 1.29 is 9.63 Å². The topological polar surface area (TPSA) is 62.4 Å². The molecule has 1 saturated heterocycles. The summed E-state index contributed by atoms with van der Waals surface area (Å²) < 4.78 is 5.37. The molecule has 1 aromatic heterocycles. The van der Waals surface area contributed by atoms with Crippen molar-refractivity contribution in [3.05, 3.63) is 35.7 Å². The summed E-state index contributed by atoms with van der Waals surface area (Å²) in [5.41, 5.74) is 2.15. The Kier molecular flexibility index (Phi) is 4.31. The average Bonchev–Trinajstić information content (AvgIpc) is 2.96. The lowest BCUT2D eigenvalue weighted by molar-refractivity contribution is 0.0749. The van der Waals surface area contributed by atoms with E-state index in [1.165, 1.54) is 12.0 Å². The maximum absolute atomic E-state index is 9.44. The molecule has 0 unspecified atom stereocenters. The minimum atomic E-state index is 0.193. The standard InChI is InChI=1S/C16H21N3O2/c1-12-5-4-6-13(9-12)16-17-15(21-18-16)10-19-8-3-2-7-14(19)11-20/h4-6,9,14,20H,2-3,7-8,10-11H2,1H3/t14-/m0/s1. The van der Waals surface area contributed by atoms with Crippen molar-refractivity contribution in [3.63, 3.8) is 0 Å². The van der Waals surface area contributed by atoms with Gasteiger partial charge in [0.1, 0.15) is 0 Å². The number of piperidine rings is 1. The summed E-state index contributed by atoms with van der Waals surface area (Å²) in [6.07, 6.45) is 3.38. The number of likely N-dealkylation sites (tertiary alicyclic amines) is 1. The van der Waals surface area contributed by atoms with Crippen LogP contribution in [0.1, 0.15) is 30.7 Å². The molecule has 21 heavy (non-hydrogen) atoms. The molecule has 0 bridgehead atoms. The van der Waals surface area contributed by atoms with Gasteiger partial charge in [0.05, 0.1) is 13.2 Å². The number of benzene rings is 1. The van der Waals surface area contributed by atoms with Gasteiger partial charge in [-0.2, -0.15) is 4.98 Å². The van der Waals surface area contributed by atoms with Gasteiger partial charge in [0, 0.05) is 11.6 Å². The van der Waals surface area contributed by atoms with Crippen molar-refractivity contribution in [3.8, 4) is 11.4 Å². The van der Waals surface area contributed by atoms with E-state index in [0.29, 0.717) is 18.3 Å². The van der Waals surface area contributed by atoms with Crippen LogP contribution in [0.15, 0.2) is 28.8 Å². The molecule has 112 valence electrons. The van der Waals surface area contributed by atoms with Crippen molar-refractivity contribution in [1.29, 1.82) is 0 Å². The highest BCUT2D eigenvalue weighted by Crippen LogP contribution is 2.21. The van der Waals surface area contributed by atoms with Gasteiger partial charge in [-0.05, 0) is 32.4 Å². The van der Waals surface area contributed by atoms with Gasteiger partial charge in [-0.1, -0.05) is 35.3 Å². The number of aliphatic hydroxyl groups is 1. The van der Waals surface area contributed by atoms with Crippen LogP contribution in [0.3, 0.4) is 0 Å². The second kappa shape index (κ2) is 6.37. The van der Waals surface area contributed by atoms with Crippen molar-refractivity contribution in [2.45, 2.75) is 38.8 Å². The normalized spacial score (nSPS) is 19.8. The molecule has 1 fully saturated rings. The molecule has 1 atom stereocenters. The molecule has 0 spiro atoms.